The van der Waals surface area contributed by atoms with Crippen LogP contribution in [0.15, 0.2) is 64.1 Å². The van der Waals surface area contributed by atoms with Gasteiger partial charge in [-0.3, -0.25) is 9.59 Å². The van der Waals surface area contributed by atoms with Crippen LogP contribution < -0.4 is 15.5 Å². The van der Waals surface area contributed by atoms with E-state index in [9.17, 15) is 14.4 Å². The van der Waals surface area contributed by atoms with Crippen molar-refractivity contribution in [3.8, 4) is 17.1 Å². The molecular weight excluding hydrogens is 473 g/mol. The van der Waals surface area contributed by atoms with Crippen LogP contribution in [0.2, 0.25) is 10.0 Å². The van der Waals surface area contributed by atoms with Crippen LogP contribution in [0.3, 0.4) is 0 Å². The lowest BCUT2D eigenvalue weighted by atomic mass is 10.1. The van der Waals surface area contributed by atoms with Crippen molar-refractivity contribution >= 4 is 47.2 Å². The van der Waals surface area contributed by atoms with Crippen LogP contribution in [-0.2, 0) is 9.59 Å². The van der Waals surface area contributed by atoms with Crippen LogP contribution in [0.1, 0.15) is 16.1 Å². The van der Waals surface area contributed by atoms with E-state index in [4.69, 9.17) is 37.5 Å². The van der Waals surface area contributed by atoms with Crippen LogP contribution in [0.25, 0.3) is 11.3 Å². The normalized spacial score (nSPS) is 10.7. The van der Waals surface area contributed by atoms with Crippen LogP contribution in [0.4, 0.5) is 0 Å². The smallest absolute Gasteiger partial charge is 0.337 e. The van der Waals surface area contributed by atoms with E-state index in [1.54, 1.807) is 42.5 Å². The van der Waals surface area contributed by atoms with Gasteiger partial charge in [0, 0.05) is 5.56 Å². The summed E-state index contributed by atoms with van der Waals surface area (Å²) in [6, 6.07) is 14.4. The van der Waals surface area contributed by atoms with Crippen molar-refractivity contribution in [2.75, 3.05) is 13.2 Å². The molecule has 0 aliphatic rings. The highest BCUT2D eigenvalue weighted by atomic mass is 35.5. The Morgan fingerprint density at radius 1 is 1.03 bits per heavy atom. The first-order valence-corrected chi connectivity index (χ1v) is 10.2. The lowest BCUT2D eigenvalue weighted by Crippen LogP contribution is -2.37. The molecule has 0 saturated heterocycles. The Morgan fingerprint density at radius 3 is 2.58 bits per heavy atom. The van der Waals surface area contributed by atoms with E-state index in [-0.39, 0.29) is 23.7 Å². The molecule has 170 valence electrons. The summed E-state index contributed by atoms with van der Waals surface area (Å²) in [5, 5.41) is 15.8. The first kappa shape index (κ1) is 23.8. The molecule has 0 bridgehead atoms. The first-order valence-electron chi connectivity index (χ1n) is 9.42. The zero-order valence-corrected chi connectivity index (χ0v) is 18.4. The maximum absolute atomic E-state index is 11.8. The quantitative estimate of drug-likeness (QED) is 0.311. The lowest BCUT2D eigenvalue weighted by Gasteiger charge is -2.08. The summed E-state index contributed by atoms with van der Waals surface area (Å²) in [4.78, 5) is 34.8. The van der Waals surface area contributed by atoms with Crippen molar-refractivity contribution in [1.82, 2.24) is 10.7 Å². The van der Waals surface area contributed by atoms with E-state index in [0.717, 1.165) is 0 Å². The number of carbonyl (C=O) groups is 3. The Labute approximate surface area is 197 Å². The number of furan rings is 1. The molecule has 3 aromatic rings. The average Bonchev–Trinajstić information content (AvgIpc) is 3.26. The monoisotopic (exact) mass is 489 g/mol. The fourth-order valence-electron chi connectivity index (χ4n) is 2.56. The van der Waals surface area contributed by atoms with Gasteiger partial charge in [0.15, 0.2) is 6.61 Å². The molecule has 0 saturated carbocycles. The van der Waals surface area contributed by atoms with Gasteiger partial charge in [0.05, 0.1) is 28.4 Å². The third-order valence-corrected chi connectivity index (χ3v) is 4.77. The summed E-state index contributed by atoms with van der Waals surface area (Å²) in [5.74, 6) is -1.15. The third kappa shape index (κ3) is 6.83. The van der Waals surface area contributed by atoms with Gasteiger partial charge in [-0.05, 0) is 42.5 Å². The fourth-order valence-corrected chi connectivity index (χ4v) is 2.95. The molecule has 0 radical (unpaired) electrons. The van der Waals surface area contributed by atoms with Gasteiger partial charge in [0.1, 0.15) is 17.3 Å². The molecule has 3 N–H and O–H groups in total. The lowest BCUT2D eigenvalue weighted by molar-refractivity contribution is -0.127. The van der Waals surface area contributed by atoms with E-state index in [2.05, 4.69) is 15.8 Å². The molecular formula is C22H17Cl2N3O6. The molecule has 33 heavy (non-hydrogen) atoms. The van der Waals surface area contributed by atoms with Crippen LogP contribution >= 0.6 is 23.2 Å². The van der Waals surface area contributed by atoms with Crippen molar-refractivity contribution in [3.05, 3.63) is 76.0 Å². The zero-order chi connectivity index (χ0) is 23.8. The largest absolute Gasteiger partial charge is 0.482 e. The summed E-state index contributed by atoms with van der Waals surface area (Å²) in [6.07, 6.45) is 1.26. The summed E-state index contributed by atoms with van der Waals surface area (Å²) in [5.41, 5.74) is 2.72. The van der Waals surface area contributed by atoms with Crippen LogP contribution in [-0.4, -0.2) is 42.3 Å². The maximum atomic E-state index is 11.8. The number of hydrogen-bond acceptors (Lipinski definition) is 6. The van der Waals surface area contributed by atoms with E-state index in [0.29, 0.717) is 27.9 Å². The Hall–Kier alpha value is -3.82. The van der Waals surface area contributed by atoms with Gasteiger partial charge in [0.25, 0.3) is 11.8 Å². The molecule has 0 aliphatic heterocycles. The second kappa shape index (κ2) is 11.2. The number of benzene rings is 2. The molecule has 2 aromatic carbocycles. The SMILES string of the molecule is O=C(COc1ccccc1Cl)NCC(=O)N/N=C\c1ccc(-c2ccc(Cl)c(C(=O)O)c2)o1. The topological polar surface area (TPSA) is 130 Å². The van der Waals surface area contributed by atoms with Gasteiger partial charge in [0.2, 0.25) is 0 Å². The fraction of sp³-hybridized carbons (Fsp3) is 0.0909. The van der Waals surface area contributed by atoms with Gasteiger partial charge in [-0.1, -0.05) is 35.3 Å². The minimum atomic E-state index is -1.15. The number of hydrogen-bond donors (Lipinski definition) is 3. The Kier molecular flexibility index (Phi) is 8.06. The van der Waals surface area contributed by atoms with Crippen molar-refractivity contribution in [3.63, 3.8) is 0 Å². The number of amides is 2. The summed E-state index contributed by atoms with van der Waals surface area (Å²) in [7, 11) is 0. The van der Waals surface area contributed by atoms with E-state index in [1.807, 2.05) is 0 Å². The van der Waals surface area contributed by atoms with Crippen LogP contribution in [0, 0.1) is 0 Å². The number of aromatic carboxylic acids is 1. The summed E-state index contributed by atoms with van der Waals surface area (Å²) < 4.78 is 10.9. The summed E-state index contributed by atoms with van der Waals surface area (Å²) >= 11 is 11.8. The number of ether oxygens (including phenoxy) is 1. The van der Waals surface area contributed by atoms with Crippen LogP contribution in [0.5, 0.6) is 5.75 Å². The average molecular weight is 490 g/mol. The van der Waals surface area contributed by atoms with Gasteiger partial charge in [-0.15, -0.1) is 0 Å². The highest BCUT2D eigenvalue weighted by molar-refractivity contribution is 6.33. The second-order valence-electron chi connectivity index (χ2n) is 6.49. The molecule has 0 spiro atoms. The predicted octanol–water partition coefficient (Wildman–Crippen LogP) is 3.60. The number of nitrogens with zero attached hydrogens (tertiary/aromatic N) is 1. The van der Waals surface area contributed by atoms with E-state index in [1.165, 1.54) is 18.3 Å². The molecule has 0 aliphatic carbocycles. The number of carboxylic acid groups (broad SMARTS) is 1. The highest BCUT2D eigenvalue weighted by Gasteiger charge is 2.12. The van der Waals surface area contributed by atoms with Gasteiger partial charge in [-0.25, -0.2) is 10.2 Å². The summed E-state index contributed by atoms with van der Waals surface area (Å²) in [6.45, 7) is -0.613. The zero-order valence-electron chi connectivity index (χ0n) is 16.9. The molecule has 3 rings (SSSR count). The maximum Gasteiger partial charge on any atom is 0.337 e. The molecule has 0 atom stereocenters. The van der Waals surface area contributed by atoms with Crippen molar-refractivity contribution in [2.24, 2.45) is 5.10 Å². The van der Waals surface area contributed by atoms with E-state index >= 15 is 0 Å². The minimum absolute atomic E-state index is 0.0487. The molecule has 0 fully saturated rings. The van der Waals surface area contributed by atoms with E-state index < -0.39 is 17.8 Å². The number of nitrogens with one attached hydrogen (secondary N) is 2. The molecule has 11 heteroatoms. The van der Waals surface area contributed by atoms with Gasteiger partial charge < -0.3 is 19.6 Å². The molecule has 1 aromatic heterocycles. The predicted molar refractivity (Wildman–Crippen MR) is 122 cm³/mol. The highest BCUT2D eigenvalue weighted by Crippen LogP contribution is 2.26. The number of rotatable bonds is 9. The van der Waals surface area contributed by atoms with Crippen molar-refractivity contribution in [1.29, 1.82) is 0 Å². The number of carbonyl (C=O) groups excluding carboxylic acids is 2. The number of para-hydroxylation sites is 1. The Bertz CT molecular complexity index is 1210. The van der Waals surface area contributed by atoms with Gasteiger partial charge >= 0.3 is 5.97 Å². The molecule has 2 amide bonds. The molecule has 0 unspecified atom stereocenters. The second-order valence-corrected chi connectivity index (χ2v) is 7.31. The Morgan fingerprint density at radius 2 is 1.82 bits per heavy atom. The molecule has 1 heterocycles. The van der Waals surface area contributed by atoms with Crippen molar-refractivity contribution < 1.29 is 28.6 Å². The van der Waals surface area contributed by atoms with Crippen molar-refractivity contribution in [2.45, 2.75) is 0 Å². The van der Waals surface area contributed by atoms with Gasteiger partial charge in [-0.2, -0.15) is 5.10 Å². The Balaban J connectivity index is 1.46. The molecule has 9 nitrogen and oxygen atoms in total. The number of hydrazone groups is 1. The minimum Gasteiger partial charge on any atom is -0.482 e. The third-order valence-electron chi connectivity index (χ3n) is 4.13. The number of halogens is 2. The number of carboxylic acids is 1. The first-order chi connectivity index (χ1) is 15.8. The standard InChI is InChI=1S/C22H17Cl2N3O6/c23-16-7-5-13(9-15(16)22(30)31)18-8-6-14(33-18)10-26-27-20(28)11-25-21(29)12-32-19-4-2-1-3-17(19)24/h1-10H,11-12H2,(H,25,29)(H,27,28)(H,30,31)/b26-10-.